The van der Waals surface area contributed by atoms with Gasteiger partial charge in [0.25, 0.3) is 6.43 Å². The molecule has 0 aliphatic rings. The Hall–Kier alpha value is -2.24. The fraction of sp³-hybridized carbons (Fsp3) is 0.444. The largest absolute Gasteiger partial charge is 0.347 e. The molecule has 0 saturated carbocycles. The summed E-state index contributed by atoms with van der Waals surface area (Å²) in [5, 5.41) is 6.83. The number of carbonyl (C=O) groups is 1. The predicted octanol–water partition coefficient (Wildman–Crippen LogP) is 4.27. The third-order valence-corrected chi connectivity index (χ3v) is 4.12. The minimum atomic E-state index is -2.64. The molecule has 0 aliphatic carbocycles. The van der Waals surface area contributed by atoms with Crippen molar-refractivity contribution in [2.24, 2.45) is 0 Å². The van der Waals surface area contributed by atoms with E-state index in [0.29, 0.717) is 5.69 Å². The van der Waals surface area contributed by atoms with Gasteiger partial charge in [0, 0.05) is 5.69 Å². The summed E-state index contributed by atoms with van der Waals surface area (Å²) < 4.78 is 26.9. The highest BCUT2D eigenvalue weighted by atomic mass is 19.3. The molecule has 1 amide bonds. The van der Waals surface area contributed by atoms with E-state index in [0.717, 1.165) is 17.5 Å². The van der Waals surface area contributed by atoms with Gasteiger partial charge in [0.2, 0.25) is 5.91 Å². The second-order valence-corrected chi connectivity index (χ2v) is 6.01. The van der Waals surface area contributed by atoms with Gasteiger partial charge in [-0.25, -0.2) is 8.78 Å². The molecule has 6 heteroatoms. The number of rotatable bonds is 6. The van der Waals surface area contributed by atoms with Crippen LogP contribution >= 0.6 is 0 Å². The molecule has 2 rings (SSSR count). The summed E-state index contributed by atoms with van der Waals surface area (Å²) in [4.78, 5) is 12.5. The Morgan fingerprint density at radius 1 is 1.25 bits per heavy atom. The minimum absolute atomic E-state index is 0.119. The third-order valence-electron chi connectivity index (χ3n) is 4.12. The predicted molar refractivity (Wildman–Crippen MR) is 89.0 cm³/mol. The molecule has 1 aromatic heterocycles. The molecule has 1 N–H and O–H groups in total. The van der Waals surface area contributed by atoms with E-state index in [4.69, 9.17) is 0 Å². The molecule has 2 atom stereocenters. The molecular formula is C18H23F2N3O. The number of alkyl halides is 2. The first-order valence-electron chi connectivity index (χ1n) is 8.04. The van der Waals surface area contributed by atoms with Gasteiger partial charge in [0.15, 0.2) is 0 Å². The second-order valence-electron chi connectivity index (χ2n) is 6.01. The first-order valence-corrected chi connectivity index (χ1v) is 8.04. The van der Waals surface area contributed by atoms with Crippen LogP contribution in [-0.4, -0.2) is 15.7 Å². The smallest absolute Gasteiger partial charge is 0.282 e. The van der Waals surface area contributed by atoms with E-state index in [-0.39, 0.29) is 17.6 Å². The summed E-state index contributed by atoms with van der Waals surface area (Å²) in [6.07, 6.45) is -1.90. The molecule has 0 spiro atoms. The topological polar surface area (TPSA) is 46.9 Å². The number of carbonyl (C=O) groups excluding carboxylic acids is 1. The number of hydrogen-bond acceptors (Lipinski definition) is 2. The van der Waals surface area contributed by atoms with Crippen LogP contribution in [0.4, 0.5) is 8.78 Å². The number of amides is 1. The van der Waals surface area contributed by atoms with Crippen molar-refractivity contribution in [2.75, 3.05) is 0 Å². The molecule has 130 valence electrons. The number of benzene rings is 1. The van der Waals surface area contributed by atoms with E-state index in [9.17, 15) is 13.6 Å². The van der Waals surface area contributed by atoms with Crippen LogP contribution in [0.3, 0.4) is 0 Å². The molecule has 0 fully saturated rings. The van der Waals surface area contributed by atoms with E-state index in [1.807, 2.05) is 38.1 Å². The van der Waals surface area contributed by atoms with Crippen molar-refractivity contribution < 1.29 is 13.6 Å². The van der Waals surface area contributed by atoms with Gasteiger partial charge in [-0.2, -0.15) is 5.10 Å². The summed E-state index contributed by atoms with van der Waals surface area (Å²) in [7, 11) is 0. The zero-order chi connectivity index (χ0) is 17.9. The fourth-order valence-electron chi connectivity index (χ4n) is 2.63. The lowest BCUT2D eigenvalue weighted by Crippen LogP contribution is -2.34. The van der Waals surface area contributed by atoms with Crippen LogP contribution in [0.1, 0.15) is 61.3 Å². The Bertz CT molecular complexity index is 695. The molecular weight excluding hydrogens is 312 g/mol. The number of nitrogens with zero attached hydrogens (tertiary/aromatic N) is 2. The lowest BCUT2D eigenvalue weighted by molar-refractivity contribution is -0.125. The highest BCUT2D eigenvalue weighted by Crippen LogP contribution is 2.22. The van der Waals surface area contributed by atoms with Crippen molar-refractivity contribution in [3.63, 3.8) is 0 Å². The van der Waals surface area contributed by atoms with Crippen LogP contribution in [0, 0.1) is 13.8 Å². The highest BCUT2D eigenvalue weighted by molar-refractivity contribution is 5.80. The van der Waals surface area contributed by atoms with Crippen molar-refractivity contribution in [3.8, 4) is 0 Å². The van der Waals surface area contributed by atoms with Crippen molar-refractivity contribution in [1.82, 2.24) is 15.1 Å². The quantitative estimate of drug-likeness (QED) is 0.857. The SMILES string of the molecule is CCC(NC(=O)C(C)n1nc(C(F)F)cc1C)c1ccc(C)cc1. The Labute approximate surface area is 140 Å². The van der Waals surface area contributed by atoms with Crippen LogP contribution in [0.25, 0.3) is 0 Å². The number of hydrogen-bond donors (Lipinski definition) is 1. The molecule has 1 heterocycles. The highest BCUT2D eigenvalue weighted by Gasteiger charge is 2.23. The average molecular weight is 335 g/mol. The first-order chi connectivity index (χ1) is 11.3. The summed E-state index contributed by atoms with van der Waals surface area (Å²) >= 11 is 0. The average Bonchev–Trinajstić information content (AvgIpc) is 2.94. The van der Waals surface area contributed by atoms with Gasteiger partial charge in [-0.05, 0) is 38.8 Å². The van der Waals surface area contributed by atoms with E-state index in [1.165, 1.54) is 10.7 Å². The van der Waals surface area contributed by atoms with Gasteiger partial charge in [0.05, 0.1) is 6.04 Å². The van der Waals surface area contributed by atoms with Crippen LogP contribution in [0.15, 0.2) is 30.3 Å². The zero-order valence-corrected chi connectivity index (χ0v) is 14.4. The zero-order valence-electron chi connectivity index (χ0n) is 14.4. The second kappa shape index (κ2) is 7.55. The van der Waals surface area contributed by atoms with E-state index in [1.54, 1.807) is 13.8 Å². The number of aryl methyl sites for hydroxylation is 2. The molecule has 24 heavy (non-hydrogen) atoms. The van der Waals surface area contributed by atoms with E-state index in [2.05, 4.69) is 10.4 Å². The monoisotopic (exact) mass is 335 g/mol. The van der Waals surface area contributed by atoms with Gasteiger partial charge in [-0.15, -0.1) is 0 Å². The number of aromatic nitrogens is 2. The standard InChI is InChI=1S/C18H23F2N3O/c1-5-15(14-8-6-11(2)7-9-14)21-18(24)13(4)23-12(3)10-16(22-23)17(19)20/h6-10,13,15,17H,5H2,1-4H3,(H,21,24). The van der Waals surface area contributed by atoms with Crippen molar-refractivity contribution >= 4 is 5.91 Å². The van der Waals surface area contributed by atoms with Crippen molar-refractivity contribution in [2.45, 2.75) is 52.6 Å². The fourth-order valence-corrected chi connectivity index (χ4v) is 2.63. The van der Waals surface area contributed by atoms with E-state index < -0.39 is 12.5 Å². The lowest BCUT2D eigenvalue weighted by Gasteiger charge is -2.21. The molecule has 4 nitrogen and oxygen atoms in total. The molecule has 2 aromatic rings. The summed E-state index contributed by atoms with van der Waals surface area (Å²) in [5.74, 6) is -0.241. The van der Waals surface area contributed by atoms with Crippen LogP contribution in [0.5, 0.6) is 0 Å². The minimum Gasteiger partial charge on any atom is -0.347 e. The van der Waals surface area contributed by atoms with Gasteiger partial charge in [-0.1, -0.05) is 36.8 Å². The molecule has 0 saturated heterocycles. The maximum absolute atomic E-state index is 12.8. The van der Waals surface area contributed by atoms with Crippen LogP contribution < -0.4 is 5.32 Å². The van der Waals surface area contributed by atoms with E-state index >= 15 is 0 Å². The maximum atomic E-state index is 12.8. The van der Waals surface area contributed by atoms with Gasteiger partial charge in [0.1, 0.15) is 11.7 Å². The lowest BCUT2D eigenvalue weighted by atomic mass is 10.0. The third kappa shape index (κ3) is 3.99. The molecule has 2 unspecified atom stereocenters. The Morgan fingerprint density at radius 3 is 2.38 bits per heavy atom. The van der Waals surface area contributed by atoms with Gasteiger partial charge in [-0.3, -0.25) is 9.48 Å². The van der Waals surface area contributed by atoms with Gasteiger partial charge >= 0.3 is 0 Å². The molecule has 0 aliphatic heterocycles. The Morgan fingerprint density at radius 2 is 1.88 bits per heavy atom. The first kappa shape index (κ1) is 18.1. The summed E-state index contributed by atoms with van der Waals surface area (Å²) in [5.41, 5.74) is 2.41. The van der Waals surface area contributed by atoms with Gasteiger partial charge < -0.3 is 5.32 Å². The van der Waals surface area contributed by atoms with Crippen molar-refractivity contribution in [1.29, 1.82) is 0 Å². The Kier molecular flexibility index (Phi) is 5.70. The molecule has 0 radical (unpaired) electrons. The number of nitrogens with one attached hydrogen (secondary N) is 1. The molecule has 0 bridgehead atoms. The van der Waals surface area contributed by atoms with Crippen LogP contribution in [-0.2, 0) is 4.79 Å². The Balaban J connectivity index is 2.13. The summed E-state index contributed by atoms with van der Waals surface area (Å²) in [6.45, 7) is 7.32. The number of halogens is 2. The normalized spacial score (nSPS) is 13.8. The van der Waals surface area contributed by atoms with Crippen LogP contribution in [0.2, 0.25) is 0 Å². The summed E-state index contributed by atoms with van der Waals surface area (Å²) in [6, 6.07) is 8.51. The van der Waals surface area contributed by atoms with Crippen molar-refractivity contribution in [3.05, 3.63) is 52.8 Å². The molecule has 1 aromatic carbocycles. The maximum Gasteiger partial charge on any atom is 0.282 e.